The summed E-state index contributed by atoms with van der Waals surface area (Å²) in [7, 11) is 1.74. The third-order valence-corrected chi connectivity index (χ3v) is 4.52. The van der Waals surface area contributed by atoms with Crippen LogP contribution >= 0.6 is 11.8 Å². The van der Waals surface area contributed by atoms with E-state index in [1.165, 1.54) is 4.90 Å². The van der Waals surface area contributed by atoms with Crippen LogP contribution in [0.15, 0.2) is 0 Å². The Bertz CT molecular complexity index is 337. The van der Waals surface area contributed by atoms with Gasteiger partial charge in [-0.15, -0.1) is 0 Å². The van der Waals surface area contributed by atoms with Crippen LogP contribution in [0.2, 0.25) is 0 Å². The Morgan fingerprint density at radius 1 is 1.56 bits per heavy atom. The third-order valence-electron chi connectivity index (χ3n) is 3.70. The Morgan fingerprint density at radius 3 is 2.67 bits per heavy atom. The number of amides is 2. The second-order valence-corrected chi connectivity index (χ2v) is 5.94. The molecule has 18 heavy (non-hydrogen) atoms. The molecule has 2 unspecified atom stereocenters. The standard InChI is InChI=1S/C12H22N2O3S/c1-9(8-18-4)13(3)11(17)14-7-5-6-12(14,2)10(15)16/h9H,5-8H2,1-4H3,(H,15,16). The zero-order valence-electron chi connectivity index (χ0n) is 11.5. The highest BCUT2D eigenvalue weighted by Gasteiger charge is 2.47. The van der Waals surface area contributed by atoms with Gasteiger partial charge in [0.05, 0.1) is 0 Å². The van der Waals surface area contributed by atoms with E-state index < -0.39 is 11.5 Å². The average molecular weight is 274 g/mol. The number of rotatable bonds is 4. The highest BCUT2D eigenvalue weighted by atomic mass is 32.2. The monoisotopic (exact) mass is 274 g/mol. The fourth-order valence-electron chi connectivity index (χ4n) is 2.22. The van der Waals surface area contributed by atoms with Crippen LogP contribution in [0, 0.1) is 0 Å². The van der Waals surface area contributed by atoms with Gasteiger partial charge in [0.1, 0.15) is 5.54 Å². The van der Waals surface area contributed by atoms with Gasteiger partial charge in [-0.1, -0.05) is 0 Å². The predicted molar refractivity (Wildman–Crippen MR) is 73.0 cm³/mol. The maximum atomic E-state index is 12.4. The van der Waals surface area contributed by atoms with Crippen LogP contribution in [0.25, 0.3) is 0 Å². The number of likely N-dealkylation sites (tertiary alicyclic amines) is 1. The molecule has 1 rings (SSSR count). The van der Waals surface area contributed by atoms with E-state index in [1.54, 1.807) is 30.6 Å². The zero-order valence-corrected chi connectivity index (χ0v) is 12.3. The van der Waals surface area contributed by atoms with Gasteiger partial charge in [-0.3, -0.25) is 0 Å². The van der Waals surface area contributed by atoms with Crippen molar-refractivity contribution in [2.24, 2.45) is 0 Å². The SMILES string of the molecule is CSCC(C)N(C)C(=O)N1CCCC1(C)C(=O)O. The smallest absolute Gasteiger partial charge is 0.329 e. The normalized spacial score (nSPS) is 25.0. The molecule has 1 heterocycles. The summed E-state index contributed by atoms with van der Waals surface area (Å²) in [5, 5.41) is 9.30. The Hall–Kier alpha value is -0.910. The van der Waals surface area contributed by atoms with E-state index >= 15 is 0 Å². The van der Waals surface area contributed by atoms with Crippen LogP contribution in [-0.2, 0) is 4.79 Å². The van der Waals surface area contributed by atoms with Crippen molar-refractivity contribution in [2.75, 3.05) is 25.6 Å². The summed E-state index contributed by atoms with van der Waals surface area (Å²) in [6.45, 7) is 4.13. The first-order valence-corrected chi connectivity index (χ1v) is 7.50. The largest absolute Gasteiger partial charge is 0.480 e. The fourth-order valence-corrected chi connectivity index (χ4v) is 2.93. The molecule has 0 spiro atoms. The lowest BCUT2D eigenvalue weighted by Crippen LogP contribution is -2.56. The molecule has 1 saturated heterocycles. The maximum Gasteiger partial charge on any atom is 0.329 e. The van der Waals surface area contributed by atoms with Gasteiger partial charge in [0.25, 0.3) is 0 Å². The Kier molecular flexibility index (Phi) is 4.90. The van der Waals surface area contributed by atoms with Gasteiger partial charge in [-0.05, 0) is 32.9 Å². The molecular weight excluding hydrogens is 252 g/mol. The van der Waals surface area contributed by atoms with E-state index in [4.69, 9.17) is 0 Å². The first kappa shape index (κ1) is 15.1. The van der Waals surface area contributed by atoms with Gasteiger partial charge < -0.3 is 14.9 Å². The Balaban J connectivity index is 2.80. The van der Waals surface area contributed by atoms with Gasteiger partial charge >= 0.3 is 12.0 Å². The van der Waals surface area contributed by atoms with Gasteiger partial charge in [0, 0.05) is 25.4 Å². The number of nitrogens with zero attached hydrogens (tertiary/aromatic N) is 2. The molecule has 0 aromatic rings. The molecule has 0 saturated carbocycles. The quantitative estimate of drug-likeness (QED) is 0.848. The second-order valence-electron chi connectivity index (χ2n) is 5.03. The van der Waals surface area contributed by atoms with Crippen LogP contribution in [-0.4, -0.2) is 64.1 Å². The number of carbonyl (C=O) groups is 2. The highest BCUT2D eigenvalue weighted by Crippen LogP contribution is 2.30. The van der Waals surface area contributed by atoms with Crippen LogP contribution in [0.5, 0.6) is 0 Å². The molecular formula is C12H22N2O3S. The summed E-state index contributed by atoms with van der Waals surface area (Å²) in [6, 6.07) is -0.0786. The molecule has 104 valence electrons. The van der Waals surface area contributed by atoms with Crippen molar-refractivity contribution in [3.8, 4) is 0 Å². The van der Waals surface area contributed by atoms with E-state index in [1.807, 2.05) is 13.2 Å². The van der Waals surface area contributed by atoms with Crippen molar-refractivity contribution in [1.29, 1.82) is 0 Å². The molecule has 0 aromatic carbocycles. The van der Waals surface area contributed by atoms with Crippen LogP contribution in [0.3, 0.4) is 0 Å². The van der Waals surface area contributed by atoms with Crippen molar-refractivity contribution in [3.63, 3.8) is 0 Å². The van der Waals surface area contributed by atoms with Crippen LogP contribution in [0.1, 0.15) is 26.7 Å². The number of hydrogen-bond acceptors (Lipinski definition) is 3. The molecule has 1 aliphatic heterocycles. The molecule has 0 radical (unpaired) electrons. The molecule has 1 aliphatic rings. The first-order valence-electron chi connectivity index (χ1n) is 6.11. The first-order chi connectivity index (χ1) is 8.34. The lowest BCUT2D eigenvalue weighted by atomic mass is 10.00. The summed E-state index contributed by atoms with van der Waals surface area (Å²) < 4.78 is 0. The fraction of sp³-hybridized carbons (Fsp3) is 0.833. The Labute approximate surface area is 113 Å². The topological polar surface area (TPSA) is 60.9 Å². The molecule has 0 aromatic heterocycles. The molecule has 0 aliphatic carbocycles. The van der Waals surface area contributed by atoms with Crippen LogP contribution in [0.4, 0.5) is 4.79 Å². The molecule has 1 fully saturated rings. The number of aliphatic carboxylic acids is 1. The molecule has 5 nitrogen and oxygen atoms in total. The molecule has 6 heteroatoms. The van der Waals surface area contributed by atoms with E-state index in [-0.39, 0.29) is 12.1 Å². The minimum Gasteiger partial charge on any atom is -0.480 e. The van der Waals surface area contributed by atoms with Crippen molar-refractivity contribution >= 4 is 23.8 Å². The van der Waals surface area contributed by atoms with Gasteiger partial charge in [-0.2, -0.15) is 11.8 Å². The number of carboxylic acids is 1. The number of thioether (sulfide) groups is 1. The minimum atomic E-state index is -1.05. The summed E-state index contributed by atoms with van der Waals surface area (Å²) in [5.41, 5.74) is -1.05. The number of hydrogen-bond donors (Lipinski definition) is 1. The summed E-state index contributed by atoms with van der Waals surface area (Å²) in [6.07, 6.45) is 3.27. The van der Waals surface area contributed by atoms with E-state index in [2.05, 4.69) is 0 Å². The summed E-state index contributed by atoms with van der Waals surface area (Å²) in [4.78, 5) is 26.8. The maximum absolute atomic E-state index is 12.4. The lowest BCUT2D eigenvalue weighted by molar-refractivity contribution is -0.147. The van der Waals surface area contributed by atoms with E-state index in [0.717, 1.165) is 12.2 Å². The van der Waals surface area contributed by atoms with Gasteiger partial charge in [0.2, 0.25) is 0 Å². The average Bonchev–Trinajstić information content (AvgIpc) is 2.71. The minimum absolute atomic E-state index is 0.103. The van der Waals surface area contributed by atoms with Gasteiger partial charge in [-0.25, -0.2) is 9.59 Å². The van der Waals surface area contributed by atoms with Gasteiger partial charge in [0.15, 0.2) is 0 Å². The number of urea groups is 1. The van der Waals surface area contributed by atoms with E-state index in [9.17, 15) is 14.7 Å². The predicted octanol–water partition coefficient (Wildman–Crippen LogP) is 1.73. The summed E-state index contributed by atoms with van der Waals surface area (Å²) in [5.74, 6) is -0.0703. The summed E-state index contributed by atoms with van der Waals surface area (Å²) >= 11 is 1.68. The van der Waals surface area contributed by atoms with Crippen molar-refractivity contribution in [3.05, 3.63) is 0 Å². The zero-order chi connectivity index (χ0) is 13.9. The number of carboxylic acid groups (broad SMARTS) is 1. The molecule has 2 amide bonds. The van der Waals surface area contributed by atoms with Crippen LogP contribution < -0.4 is 0 Å². The second kappa shape index (κ2) is 5.82. The van der Waals surface area contributed by atoms with Crippen molar-refractivity contribution in [2.45, 2.75) is 38.3 Å². The van der Waals surface area contributed by atoms with E-state index in [0.29, 0.717) is 13.0 Å². The highest BCUT2D eigenvalue weighted by molar-refractivity contribution is 7.98. The molecule has 0 bridgehead atoms. The number of carbonyl (C=O) groups excluding carboxylic acids is 1. The molecule has 1 N–H and O–H groups in total. The van der Waals surface area contributed by atoms with Crippen molar-refractivity contribution < 1.29 is 14.7 Å². The Morgan fingerprint density at radius 2 is 2.17 bits per heavy atom. The lowest BCUT2D eigenvalue weighted by Gasteiger charge is -2.36. The molecule has 2 atom stereocenters. The third kappa shape index (κ3) is 2.74. The van der Waals surface area contributed by atoms with Crippen molar-refractivity contribution in [1.82, 2.24) is 9.80 Å².